The van der Waals surface area contributed by atoms with E-state index in [1.807, 2.05) is 0 Å². The summed E-state index contributed by atoms with van der Waals surface area (Å²) in [6, 6.07) is 17.2. The average Bonchev–Trinajstić information content (AvgIpc) is 2.77. The Balaban J connectivity index is 2.59. The van der Waals surface area contributed by atoms with Crippen molar-refractivity contribution < 1.29 is 0 Å². The van der Waals surface area contributed by atoms with Crippen molar-refractivity contribution >= 4 is 22.1 Å². The molecule has 0 atom stereocenters. The largest absolute Gasteiger partial charge is 0.249 e. The second-order valence-corrected chi connectivity index (χ2v) is 3.66. The van der Waals surface area contributed by atoms with Gasteiger partial charge in [0.05, 0.1) is 22.1 Å². The summed E-state index contributed by atoms with van der Waals surface area (Å²) in [5.74, 6) is 0. The number of aromatic nitrogens is 2. The molecule has 0 radical (unpaired) electrons. The van der Waals surface area contributed by atoms with Gasteiger partial charge >= 0.3 is 0 Å². The minimum Gasteiger partial charge on any atom is -0.249 e. The molecule has 0 amide bonds. The van der Waals surface area contributed by atoms with Gasteiger partial charge in [-0.25, -0.2) is 9.03 Å². The molecule has 4 aromatic heterocycles. The fraction of sp³-hybridized carbons (Fsp3) is 0. The van der Waals surface area contributed by atoms with Crippen molar-refractivity contribution in [3.8, 4) is 0 Å². The van der Waals surface area contributed by atoms with Crippen LogP contribution in [0.3, 0.4) is 0 Å². The topological polar surface area (TPSA) is 8.82 Å². The van der Waals surface area contributed by atoms with E-state index in [9.17, 15) is 0 Å². The quantitative estimate of drug-likeness (QED) is 0.393. The Labute approximate surface area is 80.3 Å². The normalized spacial score (nSPS) is 12.3. The summed E-state index contributed by atoms with van der Waals surface area (Å²) in [6.07, 6.45) is 0. The smallest absolute Gasteiger partial charge is 0.0638 e. The standard InChI is InChI=1S/C12H8N2/c1-2-10-7-8-12-4-3-11-6-5-9(1)13(10)14(11)12/h1-8H. The number of hydrogen-bond acceptors (Lipinski definition) is 0. The first kappa shape index (κ1) is 6.49. The van der Waals surface area contributed by atoms with Crippen molar-refractivity contribution in [1.29, 1.82) is 0 Å². The van der Waals surface area contributed by atoms with Gasteiger partial charge in [0, 0.05) is 0 Å². The van der Waals surface area contributed by atoms with E-state index in [0.717, 1.165) is 0 Å². The number of hydrogen-bond donors (Lipinski definition) is 0. The molecule has 4 heterocycles. The van der Waals surface area contributed by atoms with Crippen LogP contribution in [0.25, 0.3) is 22.1 Å². The summed E-state index contributed by atoms with van der Waals surface area (Å²) in [5.41, 5.74) is 4.98. The van der Waals surface area contributed by atoms with Gasteiger partial charge in [-0.3, -0.25) is 0 Å². The molecule has 14 heavy (non-hydrogen) atoms. The first-order valence-corrected chi connectivity index (χ1v) is 4.74. The molecule has 0 saturated heterocycles. The van der Waals surface area contributed by atoms with Gasteiger partial charge in [-0.2, -0.15) is 0 Å². The monoisotopic (exact) mass is 180 g/mol. The molecule has 0 bridgehead atoms. The second-order valence-electron chi connectivity index (χ2n) is 3.66. The van der Waals surface area contributed by atoms with Gasteiger partial charge in [-0.05, 0) is 48.5 Å². The van der Waals surface area contributed by atoms with Crippen LogP contribution in [0.5, 0.6) is 0 Å². The zero-order valence-electron chi connectivity index (χ0n) is 7.51. The maximum atomic E-state index is 2.24. The molecule has 4 rings (SSSR count). The van der Waals surface area contributed by atoms with E-state index in [4.69, 9.17) is 0 Å². The first-order chi connectivity index (χ1) is 6.93. The van der Waals surface area contributed by atoms with Crippen molar-refractivity contribution in [2.45, 2.75) is 0 Å². The van der Waals surface area contributed by atoms with Gasteiger partial charge in [0.25, 0.3) is 0 Å². The van der Waals surface area contributed by atoms with Crippen molar-refractivity contribution in [3.63, 3.8) is 0 Å². The molecule has 0 fully saturated rings. The van der Waals surface area contributed by atoms with Crippen LogP contribution in [0.1, 0.15) is 0 Å². The van der Waals surface area contributed by atoms with E-state index in [1.165, 1.54) is 22.1 Å². The van der Waals surface area contributed by atoms with Crippen LogP contribution in [-0.2, 0) is 0 Å². The van der Waals surface area contributed by atoms with Crippen LogP contribution in [-0.4, -0.2) is 9.03 Å². The molecule has 0 spiro atoms. The van der Waals surface area contributed by atoms with E-state index >= 15 is 0 Å². The first-order valence-electron chi connectivity index (χ1n) is 4.74. The number of nitrogens with zero attached hydrogens (tertiary/aromatic N) is 2. The fourth-order valence-corrected chi connectivity index (χ4v) is 2.23. The van der Waals surface area contributed by atoms with Gasteiger partial charge < -0.3 is 0 Å². The van der Waals surface area contributed by atoms with Crippen molar-refractivity contribution in [2.75, 3.05) is 0 Å². The van der Waals surface area contributed by atoms with E-state index in [-0.39, 0.29) is 0 Å². The summed E-state index contributed by atoms with van der Waals surface area (Å²) < 4.78 is 4.48. The minimum absolute atomic E-state index is 1.24. The molecule has 0 saturated carbocycles. The summed E-state index contributed by atoms with van der Waals surface area (Å²) in [4.78, 5) is 0. The van der Waals surface area contributed by atoms with Crippen LogP contribution in [0, 0.1) is 0 Å². The predicted molar refractivity (Wildman–Crippen MR) is 57.0 cm³/mol. The third kappa shape index (κ3) is 0.567. The Morgan fingerprint density at radius 2 is 0.643 bits per heavy atom. The molecule has 0 aliphatic rings. The molecule has 0 aromatic carbocycles. The predicted octanol–water partition coefficient (Wildman–Crippen LogP) is 2.78. The molecule has 0 unspecified atom stereocenters. The Morgan fingerprint density at radius 3 is 0.857 bits per heavy atom. The van der Waals surface area contributed by atoms with E-state index in [0.29, 0.717) is 0 Å². The van der Waals surface area contributed by atoms with E-state index < -0.39 is 0 Å². The second kappa shape index (κ2) is 1.93. The lowest BCUT2D eigenvalue weighted by Crippen LogP contribution is -1.99. The van der Waals surface area contributed by atoms with Crippen LogP contribution < -0.4 is 0 Å². The van der Waals surface area contributed by atoms with Crippen molar-refractivity contribution in [2.24, 2.45) is 0 Å². The molecule has 2 heteroatoms. The van der Waals surface area contributed by atoms with Crippen LogP contribution in [0.2, 0.25) is 0 Å². The summed E-state index contributed by atoms with van der Waals surface area (Å²) in [5, 5.41) is 0. The van der Waals surface area contributed by atoms with E-state index in [1.54, 1.807) is 0 Å². The highest BCUT2D eigenvalue weighted by atomic mass is 15.3. The Hall–Kier alpha value is -1.96. The van der Waals surface area contributed by atoms with Crippen LogP contribution >= 0.6 is 0 Å². The van der Waals surface area contributed by atoms with Crippen LogP contribution in [0.15, 0.2) is 48.5 Å². The molecule has 0 N–H and O–H groups in total. The average molecular weight is 180 g/mol. The Bertz CT molecular complexity index is 607. The van der Waals surface area contributed by atoms with Gasteiger partial charge in [0.2, 0.25) is 0 Å². The maximum absolute atomic E-state index is 2.24. The highest BCUT2D eigenvalue weighted by molar-refractivity contribution is 5.72. The number of rotatable bonds is 0. The van der Waals surface area contributed by atoms with Crippen LogP contribution in [0.4, 0.5) is 0 Å². The third-order valence-electron chi connectivity index (χ3n) is 2.88. The third-order valence-corrected chi connectivity index (χ3v) is 2.88. The zero-order valence-corrected chi connectivity index (χ0v) is 7.51. The molecule has 0 aliphatic carbocycles. The molecule has 2 nitrogen and oxygen atoms in total. The molecule has 0 aliphatic heterocycles. The fourth-order valence-electron chi connectivity index (χ4n) is 2.23. The summed E-state index contributed by atoms with van der Waals surface area (Å²) >= 11 is 0. The molecule has 4 aromatic rings. The molecular weight excluding hydrogens is 172 g/mol. The van der Waals surface area contributed by atoms with Gasteiger partial charge in [-0.1, -0.05) is 0 Å². The van der Waals surface area contributed by atoms with Crippen molar-refractivity contribution in [1.82, 2.24) is 9.03 Å². The lowest BCUT2D eigenvalue weighted by atomic mass is 10.4. The van der Waals surface area contributed by atoms with Gasteiger partial charge in [0.15, 0.2) is 0 Å². The summed E-state index contributed by atoms with van der Waals surface area (Å²) in [7, 11) is 0. The van der Waals surface area contributed by atoms with E-state index in [2.05, 4.69) is 57.6 Å². The van der Waals surface area contributed by atoms with Gasteiger partial charge in [0.1, 0.15) is 0 Å². The SMILES string of the molecule is c1cc2ccc3ccc4ccc1n2n43. The highest BCUT2D eigenvalue weighted by Crippen LogP contribution is 2.19. The lowest BCUT2D eigenvalue weighted by molar-refractivity contribution is 0.913. The Morgan fingerprint density at radius 1 is 0.429 bits per heavy atom. The lowest BCUT2D eigenvalue weighted by Gasteiger charge is -2.06. The zero-order chi connectivity index (χ0) is 9.12. The Kier molecular flexibility index (Phi) is 0.892. The minimum atomic E-state index is 1.24. The van der Waals surface area contributed by atoms with Gasteiger partial charge in [-0.15, -0.1) is 0 Å². The maximum Gasteiger partial charge on any atom is 0.0638 e. The highest BCUT2D eigenvalue weighted by Gasteiger charge is 2.05. The van der Waals surface area contributed by atoms with Crippen molar-refractivity contribution in [3.05, 3.63) is 48.5 Å². The molecular formula is C12H8N2. The molecule has 66 valence electrons. The summed E-state index contributed by atoms with van der Waals surface area (Å²) in [6.45, 7) is 0.